The van der Waals surface area contributed by atoms with Gasteiger partial charge in [-0.2, -0.15) is 8.78 Å². The lowest BCUT2D eigenvalue weighted by Gasteiger charge is -2.16. The van der Waals surface area contributed by atoms with Crippen LogP contribution in [0.3, 0.4) is 0 Å². The van der Waals surface area contributed by atoms with Crippen molar-refractivity contribution in [3.63, 3.8) is 0 Å². The van der Waals surface area contributed by atoms with E-state index in [1.807, 2.05) is 0 Å². The molecule has 7 heteroatoms. The number of aliphatic hydroxyl groups excluding tert-OH is 1. The van der Waals surface area contributed by atoms with Crippen molar-refractivity contribution in [2.24, 2.45) is 0 Å². The van der Waals surface area contributed by atoms with Crippen LogP contribution in [-0.4, -0.2) is 29.1 Å². The molecule has 0 amide bonds. The Labute approximate surface area is 101 Å². The molecule has 1 unspecified atom stereocenters. The quantitative estimate of drug-likeness (QED) is 0.784. The summed E-state index contributed by atoms with van der Waals surface area (Å²) in [7, 11) is 0. The van der Waals surface area contributed by atoms with Crippen molar-refractivity contribution in [3.05, 3.63) is 28.8 Å². The van der Waals surface area contributed by atoms with Crippen molar-refractivity contribution in [3.8, 4) is 5.75 Å². The molecule has 0 aromatic heterocycles. The van der Waals surface area contributed by atoms with E-state index in [-0.39, 0.29) is 11.8 Å². The molecule has 0 aliphatic heterocycles. The van der Waals surface area contributed by atoms with Crippen LogP contribution >= 0.6 is 0 Å². The number of rotatable bonds is 5. The van der Waals surface area contributed by atoms with Crippen LogP contribution in [0.15, 0.2) is 12.1 Å². The van der Waals surface area contributed by atoms with Crippen molar-refractivity contribution in [2.75, 3.05) is 0 Å². The van der Waals surface area contributed by atoms with Gasteiger partial charge in [0.2, 0.25) is 0 Å². The first kappa shape index (κ1) is 14.0. The van der Waals surface area contributed by atoms with Crippen molar-refractivity contribution < 1.29 is 33.3 Å². The summed E-state index contributed by atoms with van der Waals surface area (Å²) in [5.41, 5.74) is -0.266. The summed E-state index contributed by atoms with van der Waals surface area (Å²) in [6.07, 6.45) is -1.84. The molecule has 0 saturated carbocycles. The molecule has 1 atom stereocenters. The SMILES string of the molecule is Cc1cc(C=O)c(C(O)C(=O)O)c(OC(F)F)c1. The van der Waals surface area contributed by atoms with E-state index in [4.69, 9.17) is 5.11 Å². The van der Waals surface area contributed by atoms with Crippen LogP contribution in [0.25, 0.3) is 0 Å². The standard InChI is InChI=1S/C11H10F2O5/c1-5-2-6(4-14)8(9(15)10(16)17)7(3-5)18-11(12)13/h2-4,9,11,15H,1H3,(H,16,17). The van der Waals surface area contributed by atoms with E-state index in [1.54, 1.807) is 0 Å². The molecule has 0 radical (unpaired) electrons. The maximum absolute atomic E-state index is 12.2. The van der Waals surface area contributed by atoms with Gasteiger partial charge in [0.25, 0.3) is 0 Å². The number of carboxylic acid groups (broad SMARTS) is 1. The van der Waals surface area contributed by atoms with Gasteiger partial charge in [0.1, 0.15) is 5.75 Å². The molecule has 0 fully saturated rings. The number of benzene rings is 1. The summed E-state index contributed by atoms with van der Waals surface area (Å²) < 4.78 is 28.5. The number of hydrogen-bond acceptors (Lipinski definition) is 4. The number of aliphatic hydroxyl groups is 1. The lowest BCUT2D eigenvalue weighted by Crippen LogP contribution is -2.16. The first-order chi connectivity index (χ1) is 8.36. The minimum absolute atomic E-state index is 0.208. The molecule has 0 spiro atoms. The highest BCUT2D eigenvalue weighted by molar-refractivity contribution is 5.85. The maximum atomic E-state index is 12.2. The molecule has 0 heterocycles. The number of ether oxygens (including phenoxy) is 1. The van der Waals surface area contributed by atoms with Gasteiger partial charge in [-0.15, -0.1) is 0 Å². The van der Waals surface area contributed by atoms with Crippen LogP contribution in [0, 0.1) is 6.92 Å². The largest absolute Gasteiger partial charge is 0.479 e. The lowest BCUT2D eigenvalue weighted by atomic mass is 9.99. The molecule has 1 rings (SSSR count). The zero-order valence-corrected chi connectivity index (χ0v) is 9.26. The Hall–Kier alpha value is -2.02. The van der Waals surface area contributed by atoms with Gasteiger partial charge >= 0.3 is 12.6 Å². The van der Waals surface area contributed by atoms with Crippen LogP contribution in [-0.2, 0) is 4.79 Å². The Morgan fingerprint density at radius 2 is 2.06 bits per heavy atom. The van der Waals surface area contributed by atoms with E-state index in [1.165, 1.54) is 13.0 Å². The third kappa shape index (κ3) is 3.01. The second-order valence-corrected chi connectivity index (χ2v) is 3.50. The number of alkyl halides is 2. The third-order valence-electron chi connectivity index (χ3n) is 2.17. The maximum Gasteiger partial charge on any atom is 0.387 e. The van der Waals surface area contributed by atoms with Crippen molar-refractivity contribution in [1.82, 2.24) is 0 Å². The number of hydrogen-bond donors (Lipinski definition) is 2. The fourth-order valence-corrected chi connectivity index (χ4v) is 1.50. The fraction of sp³-hybridized carbons (Fsp3) is 0.273. The number of carbonyl (C=O) groups excluding carboxylic acids is 1. The topological polar surface area (TPSA) is 83.8 Å². The molecule has 2 N–H and O–H groups in total. The van der Waals surface area contributed by atoms with Gasteiger partial charge in [0, 0.05) is 11.1 Å². The van der Waals surface area contributed by atoms with Crippen molar-refractivity contribution >= 4 is 12.3 Å². The summed E-state index contributed by atoms with van der Waals surface area (Å²) in [6, 6.07) is 2.40. The summed E-state index contributed by atoms with van der Waals surface area (Å²) in [4.78, 5) is 21.5. The normalized spacial score (nSPS) is 12.3. The van der Waals surface area contributed by atoms with Crippen molar-refractivity contribution in [1.29, 1.82) is 0 Å². The number of aliphatic carboxylic acids is 1. The molecule has 5 nitrogen and oxygen atoms in total. The monoisotopic (exact) mass is 260 g/mol. The zero-order valence-electron chi connectivity index (χ0n) is 9.26. The molecule has 18 heavy (non-hydrogen) atoms. The Bertz CT molecular complexity index is 473. The van der Waals surface area contributed by atoms with Gasteiger partial charge in [-0.1, -0.05) is 0 Å². The van der Waals surface area contributed by atoms with Gasteiger partial charge in [0.15, 0.2) is 12.4 Å². The summed E-state index contributed by atoms with van der Waals surface area (Å²) in [5, 5.41) is 18.1. The van der Waals surface area contributed by atoms with Gasteiger partial charge in [0.05, 0.1) is 0 Å². The second-order valence-electron chi connectivity index (χ2n) is 3.50. The van der Waals surface area contributed by atoms with Crippen LogP contribution in [0.2, 0.25) is 0 Å². The Morgan fingerprint density at radius 3 is 2.50 bits per heavy atom. The smallest absolute Gasteiger partial charge is 0.387 e. The minimum Gasteiger partial charge on any atom is -0.479 e. The van der Waals surface area contributed by atoms with E-state index < -0.39 is 30.0 Å². The van der Waals surface area contributed by atoms with Gasteiger partial charge < -0.3 is 14.9 Å². The second kappa shape index (κ2) is 5.54. The van der Waals surface area contributed by atoms with E-state index in [0.717, 1.165) is 6.07 Å². The van der Waals surface area contributed by atoms with Crippen LogP contribution in [0.4, 0.5) is 8.78 Å². The Balaban J connectivity index is 3.41. The number of carboxylic acids is 1. The number of halogens is 2. The molecule has 1 aromatic rings. The predicted molar refractivity (Wildman–Crippen MR) is 55.8 cm³/mol. The molecule has 0 aliphatic rings. The van der Waals surface area contributed by atoms with E-state index in [0.29, 0.717) is 5.56 Å². The van der Waals surface area contributed by atoms with E-state index >= 15 is 0 Å². The third-order valence-corrected chi connectivity index (χ3v) is 2.17. The molecule has 0 aliphatic carbocycles. The predicted octanol–water partition coefficient (Wildman–Crippen LogP) is 1.53. The molecule has 0 saturated heterocycles. The molecule has 1 aromatic carbocycles. The van der Waals surface area contributed by atoms with E-state index in [9.17, 15) is 23.5 Å². The summed E-state index contributed by atoms with van der Waals surface area (Å²) in [6.45, 7) is -1.67. The number of carbonyl (C=O) groups is 2. The number of aldehydes is 1. The van der Waals surface area contributed by atoms with Crippen LogP contribution in [0.5, 0.6) is 5.75 Å². The van der Waals surface area contributed by atoms with Gasteiger partial charge in [-0.25, -0.2) is 4.79 Å². The minimum atomic E-state index is -3.19. The zero-order chi connectivity index (χ0) is 13.9. The highest BCUT2D eigenvalue weighted by Crippen LogP contribution is 2.31. The summed E-state index contributed by atoms with van der Waals surface area (Å²) >= 11 is 0. The molecule has 0 bridgehead atoms. The lowest BCUT2D eigenvalue weighted by molar-refractivity contribution is -0.147. The molecule has 98 valence electrons. The van der Waals surface area contributed by atoms with Crippen LogP contribution < -0.4 is 4.74 Å². The number of aryl methyl sites for hydroxylation is 1. The molecular formula is C11H10F2O5. The first-order valence-corrected chi connectivity index (χ1v) is 4.82. The first-order valence-electron chi connectivity index (χ1n) is 4.82. The van der Waals surface area contributed by atoms with Crippen molar-refractivity contribution in [2.45, 2.75) is 19.6 Å². The van der Waals surface area contributed by atoms with Crippen LogP contribution in [0.1, 0.15) is 27.6 Å². The Kier molecular flexibility index (Phi) is 4.33. The van der Waals surface area contributed by atoms with Gasteiger partial charge in [-0.3, -0.25) is 4.79 Å². The Morgan fingerprint density at radius 1 is 1.44 bits per heavy atom. The van der Waals surface area contributed by atoms with Gasteiger partial charge in [-0.05, 0) is 24.6 Å². The average molecular weight is 260 g/mol. The summed E-state index contributed by atoms with van der Waals surface area (Å²) in [5.74, 6) is -2.19. The highest BCUT2D eigenvalue weighted by Gasteiger charge is 2.25. The van der Waals surface area contributed by atoms with E-state index in [2.05, 4.69) is 4.74 Å². The highest BCUT2D eigenvalue weighted by atomic mass is 19.3. The average Bonchev–Trinajstić information content (AvgIpc) is 2.26. The fourth-order valence-electron chi connectivity index (χ4n) is 1.50. The molecular weight excluding hydrogens is 250 g/mol.